The van der Waals surface area contributed by atoms with Gasteiger partial charge in [-0.3, -0.25) is 9.59 Å². The van der Waals surface area contributed by atoms with Gasteiger partial charge in [0.2, 0.25) is 11.8 Å². The third-order valence-corrected chi connectivity index (χ3v) is 4.40. The Kier molecular flexibility index (Phi) is 5.91. The number of nitrogens with one attached hydrogen (secondary N) is 1. The minimum Gasteiger partial charge on any atom is -0.347 e. The first-order valence-electron chi connectivity index (χ1n) is 8.41. The summed E-state index contributed by atoms with van der Waals surface area (Å²) in [5, 5.41) is 2.81. The van der Waals surface area contributed by atoms with Gasteiger partial charge < -0.3 is 10.2 Å². The monoisotopic (exact) mass is 338 g/mol. The van der Waals surface area contributed by atoms with Gasteiger partial charge in [-0.2, -0.15) is 0 Å². The molecule has 0 radical (unpaired) electrons. The van der Waals surface area contributed by atoms with Gasteiger partial charge in [0.25, 0.3) is 0 Å². The Morgan fingerprint density at radius 2 is 2.04 bits per heavy atom. The molecule has 2 amide bonds. The minimum absolute atomic E-state index is 0.0475. The predicted molar refractivity (Wildman–Crippen MR) is 87.1 cm³/mol. The van der Waals surface area contributed by atoms with Gasteiger partial charge in [-0.15, -0.1) is 0 Å². The number of carbonyl (C=O) groups is 2. The number of benzene rings is 1. The third-order valence-electron chi connectivity index (χ3n) is 4.40. The quantitative estimate of drug-likeness (QED) is 0.896. The highest BCUT2D eigenvalue weighted by atomic mass is 19.1. The highest BCUT2D eigenvalue weighted by Gasteiger charge is 2.35. The predicted octanol–water partition coefficient (Wildman–Crippen LogP) is 3.18. The fourth-order valence-electron chi connectivity index (χ4n) is 3.09. The molecule has 6 heteroatoms. The molecule has 0 unspecified atom stereocenters. The summed E-state index contributed by atoms with van der Waals surface area (Å²) >= 11 is 0. The fourth-order valence-corrected chi connectivity index (χ4v) is 3.09. The van der Waals surface area contributed by atoms with Crippen LogP contribution in [0.25, 0.3) is 0 Å². The Bertz CT molecular complexity index is 619. The van der Waals surface area contributed by atoms with Crippen molar-refractivity contribution >= 4 is 11.8 Å². The standard InChI is InChI=1S/C18H24F2N2O2/c1-4-15(13-8-7-12(19)10-14(13)20)21-17(23)16-6-5-9-22(16)18(24)11(2)3/h7-8,10-11,15-16H,4-6,9H2,1-3H3,(H,21,23)/t15-,16-/m0/s1. The summed E-state index contributed by atoms with van der Waals surface area (Å²) in [6.07, 6.45) is 1.85. The van der Waals surface area contributed by atoms with Crippen LogP contribution in [0.1, 0.15) is 51.6 Å². The molecule has 0 saturated carbocycles. The maximum absolute atomic E-state index is 14.0. The first-order chi connectivity index (χ1) is 11.3. The second-order valence-electron chi connectivity index (χ2n) is 6.48. The number of halogens is 2. The summed E-state index contributed by atoms with van der Waals surface area (Å²) in [5.74, 6) is -1.83. The summed E-state index contributed by atoms with van der Waals surface area (Å²) in [5.41, 5.74) is 0.256. The zero-order valence-corrected chi connectivity index (χ0v) is 14.3. The van der Waals surface area contributed by atoms with E-state index in [9.17, 15) is 18.4 Å². The SMILES string of the molecule is CC[C@H](NC(=O)[C@@H]1CCCN1C(=O)C(C)C)c1ccc(F)cc1F. The number of rotatable bonds is 5. The van der Waals surface area contributed by atoms with E-state index in [1.807, 2.05) is 6.92 Å². The van der Waals surface area contributed by atoms with Crippen LogP contribution in [0.15, 0.2) is 18.2 Å². The van der Waals surface area contributed by atoms with Gasteiger partial charge in [-0.1, -0.05) is 26.8 Å². The molecule has 0 aliphatic carbocycles. The van der Waals surface area contributed by atoms with E-state index in [2.05, 4.69) is 5.32 Å². The molecule has 0 aromatic heterocycles. The van der Waals surface area contributed by atoms with Gasteiger partial charge in [0, 0.05) is 24.1 Å². The average molecular weight is 338 g/mol. The van der Waals surface area contributed by atoms with Gasteiger partial charge in [0.15, 0.2) is 0 Å². The summed E-state index contributed by atoms with van der Waals surface area (Å²) in [6.45, 7) is 5.99. The molecule has 1 heterocycles. The molecule has 2 rings (SSSR count). The van der Waals surface area contributed by atoms with Crippen LogP contribution in [-0.2, 0) is 9.59 Å². The molecule has 0 spiro atoms. The van der Waals surface area contributed by atoms with Crippen LogP contribution >= 0.6 is 0 Å². The lowest BCUT2D eigenvalue weighted by molar-refractivity contribution is -0.141. The third kappa shape index (κ3) is 3.91. The average Bonchev–Trinajstić information content (AvgIpc) is 3.01. The Hall–Kier alpha value is -1.98. The van der Waals surface area contributed by atoms with E-state index in [0.29, 0.717) is 19.4 Å². The van der Waals surface area contributed by atoms with Crippen molar-refractivity contribution in [2.45, 2.75) is 52.1 Å². The lowest BCUT2D eigenvalue weighted by Crippen LogP contribution is -2.48. The number of amides is 2. The topological polar surface area (TPSA) is 49.4 Å². The Morgan fingerprint density at radius 3 is 2.62 bits per heavy atom. The van der Waals surface area contributed by atoms with E-state index in [4.69, 9.17) is 0 Å². The Labute approximate surface area is 141 Å². The van der Waals surface area contributed by atoms with Crippen molar-refractivity contribution in [3.63, 3.8) is 0 Å². The van der Waals surface area contributed by atoms with E-state index >= 15 is 0 Å². The van der Waals surface area contributed by atoms with Gasteiger partial charge in [0.1, 0.15) is 17.7 Å². The molecule has 132 valence electrons. The first-order valence-corrected chi connectivity index (χ1v) is 8.41. The molecule has 1 aliphatic rings. The van der Waals surface area contributed by atoms with Gasteiger partial charge in [-0.05, 0) is 25.3 Å². The number of nitrogens with zero attached hydrogens (tertiary/aromatic N) is 1. The van der Waals surface area contributed by atoms with Crippen molar-refractivity contribution in [1.29, 1.82) is 0 Å². The number of likely N-dealkylation sites (tertiary alicyclic amines) is 1. The maximum Gasteiger partial charge on any atom is 0.243 e. The van der Waals surface area contributed by atoms with Crippen molar-refractivity contribution in [3.8, 4) is 0 Å². The Balaban J connectivity index is 2.12. The smallest absolute Gasteiger partial charge is 0.243 e. The van der Waals surface area contributed by atoms with Crippen LogP contribution in [0.2, 0.25) is 0 Å². The van der Waals surface area contributed by atoms with Gasteiger partial charge in [-0.25, -0.2) is 8.78 Å². The Morgan fingerprint density at radius 1 is 1.33 bits per heavy atom. The molecule has 24 heavy (non-hydrogen) atoms. The first kappa shape index (κ1) is 18.4. The highest BCUT2D eigenvalue weighted by Crippen LogP contribution is 2.24. The van der Waals surface area contributed by atoms with E-state index in [0.717, 1.165) is 12.5 Å². The lowest BCUT2D eigenvalue weighted by atomic mass is 10.0. The van der Waals surface area contributed by atoms with Gasteiger partial charge >= 0.3 is 0 Å². The second-order valence-corrected chi connectivity index (χ2v) is 6.48. The van der Waals surface area contributed by atoms with E-state index < -0.39 is 23.7 Å². The summed E-state index contributed by atoms with van der Waals surface area (Å²) in [6, 6.07) is 2.28. The fraction of sp³-hybridized carbons (Fsp3) is 0.556. The molecule has 1 fully saturated rings. The van der Waals surface area contributed by atoms with Crippen LogP contribution in [0.3, 0.4) is 0 Å². The molecule has 1 N–H and O–H groups in total. The van der Waals surface area contributed by atoms with Crippen molar-refractivity contribution in [3.05, 3.63) is 35.4 Å². The van der Waals surface area contributed by atoms with E-state index in [1.165, 1.54) is 12.1 Å². The molecule has 1 saturated heterocycles. The minimum atomic E-state index is -0.677. The zero-order chi connectivity index (χ0) is 17.9. The number of hydrogen-bond acceptors (Lipinski definition) is 2. The van der Waals surface area contributed by atoms with Crippen LogP contribution in [0.5, 0.6) is 0 Å². The van der Waals surface area contributed by atoms with Crippen molar-refractivity contribution in [2.75, 3.05) is 6.54 Å². The zero-order valence-electron chi connectivity index (χ0n) is 14.3. The van der Waals surface area contributed by atoms with Crippen molar-refractivity contribution < 1.29 is 18.4 Å². The van der Waals surface area contributed by atoms with E-state index in [-0.39, 0.29) is 23.3 Å². The van der Waals surface area contributed by atoms with Crippen LogP contribution in [-0.4, -0.2) is 29.3 Å². The normalized spacial score (nSPS) is 18.8. The molecule has 1 aromatic carbocycles. The summed E-state index contributed by atoms with van der Waals surface area (Å²) in [4.78, 5) is 26.4. The molecule has 2 atom stereocenters. The number of carbonyl (C=O) groups excluding carboxylic acids is 2. The van der Waals surface area contributed by atoms with Crippen molar-refractivity contribution in [1.82, 2.24) is 10.2 Å². The number of hydrogen-bond donors (Lipinski definition) is 1. The molecule has 1 aromatic rings. The highest BCUT2D eigenvalue weighted by molar-refractivity contribution is 5.89. The molecule has 4 nitrogen and oxygen atoms in total. The van der Waals surface area contributed by atoms with Crippen LogP contribution in [0, 0.1) is 17.6 Å². The van der Waals surface area contributed by atoms with Crippen LogP contribution in [0.4, 0.5) is 8.78 Å². The van der Waals surface area contributed by atoms with Gasteiger partial charge in [0.05, 0.1) is 6.04 Å². The summed E-state index contributed by atoms with van der Waals surface area (Å²) in [7, 11) is 0. The molecular formula is C18H24F2N2O2. The largest absolute Gasteiger partial charge is 0.347 e. The summed E-state index contributed by atoms with van der Waals surface area (Å²) < 4.78 is 27.0. The second kappa shape index (κ2) is 7.73. The lowest BCUT2D eigenvalue weighted by Gasteiger charge is -2.27. The maximum atomic E-state index is 14.0. The molecule has 1 aliphatic heterocycles. The molecule has 0 bridgehead atoms. The molecular weight excluding hydrogens is 314 g/mol. The van der Waals surface area contributed by atoms with E-state index in [1.54, 1.807) is 18.7 Å². The van der Waals surface area contributed by atoms with Crippen LogP contribution < -0.4 is 5.32 Å². The van der Waals surface area contributed by atoms with Crippen molar-refractivity contribution in [2.24, 2.45) is 5.92 Å².